The predicted molar refractivity (Wildman–Crippen MR) is 80.3 cm³/mol. The first-order chi connectivity index (χ1) is 9.74. The molecule has 1 N–H and O–H groups in total. The first kappa shape index (κ1) is 13.0. The van der Waals surface area contributed by atoms with Crippen LogP contribution in [0, 0.1) is 0 Å². The highest BCUT2D eigenvalue weighted by Crippen LogP contribution is 2.32. The quantitative estimate of drug-likeness (QED) is 0.748. The van der Waals surface area contributed by atoms with Gasteiger partial charge in [0.15, 0.2) is 4.96 Å². The van der Waals surface area contributed by atoms with Crippen molar-refractivity contribution in [1.82, 2.24) is 9.38 Å². The van der Waals surface area contributed by atoms with Gasteiger partial charge < -0.3 is 5.11 Å². The van der Waals surface area contributed by atoms with Gasteiger partial charge in [0.25, 0.3) is 0 Å². The van der Waals surface area contributed by atoms with Crippen LogP contribution >= 0.6 is 23.1 Å². The fourth-order valence-electron chi connectivity index (χ4n) is 1.76. The van der Waals surface area contributed by atoms with Gasteiger partial charge in [-0.25, -0.2) is 9.78 Å². The summed E-state index contributed by atoms with van der Waals surface area (Å²) < 4.78 is 1.90. The Bertz CT molecular complexity index is 775. The van der Waals surface area contributed by atoms with Crippen molar-refractivity contribution in [2.45, 2.75) is 9.92 Å². The fourth-order valence-corrected chi connectivity index (χ4v) is 3.46. The van der Waals surface area contributed by atoms with Crippen LogP contribution in [0.1, 0.15) is 5.69 Å². The minimum Gasteiger partial charge on any atom is -0.478 e. The molecule has 3 rings (SSSR count). The number of rotatable bonds is 4. The normalized spacial score (nSPS) is 11.4. The summed E-state index contributed by atoms with van der Waals surface area (Å²) in [5.41, 5.74) is 0.789. The van der Waals surface area contributed by atoms with Crippen molar-refractivity contribution >= 4 is 40.1 Å². The van der Waals surface area contributed by atoms with Gasteiger partial charge in [0.2, 0.25) is 0 Å². The monoisotopic (exact) mass is 302 g/mol. The second kappa shape index (κ2) is 5.52. The Labute approximate surface area is 123 Å². The second-order valence-corrected chi connectivity index (χ2v) is 5.88. The summed E-state index contributed by atoms with van der Waals surface area (Å²) in [7, 11) is 0. The van der Waals surface area contributed by atoms with E-state index in [1.807, 2.05) is 46.3 Å². The molecular weight excluding hydrogens is 292 g/mol. The maximum atomic E-state index is 10.7. The number of nitrogens with zero attached hydrogens (tertiary/aromatic N) is 2. The van der Waals surface area contributed by atoms with Crippen LogP contribution in [0.5, 0.6) is 0 Å². The van der Waals surface area contributed by atoms with Crippen LogP contribution in [0.3, 0.4) is 0 Å². The minimum absolute atomic E-state index is 0.789. The van der Waals surface area contributed by atoms with E-state index >= 15 is 0 Å². The number of carboxylic acid groups (broad SMARTS) is 1. The molecule has 0 amide bonds. The summed E-state index contributed by atoms with van der Waals surface area (Å²) in [5, 5.41) is 11.5. The molecule has 0 aliphatic rings. The van der Waals surface area contributed by atoms with Crippen molar-refractivity contribution in [2.24, 2.45) is 0 Å². The number of benzene rings is 1. The topological polar surface area (TPSA) is 54.6 Å². The highest BCUT2D eigenvalue weighted by atomic mass is 32.2. The number of hydrogen-bond donors (Lipinski definition) is 1. The van der Waals surface area contributed by atoms with Crippen LogP contribution in [0.4, 0.5) is 0 Å². The molecule has 3 aromatic rings. The van der Waals surface area contributed by atoms with Gasteiger partial charge in [0.1, 0.15) is 5.03 Å². The Kier molecular flexibility index (Phi) is 3.58. The van der Waals surface area contributed by atoms with Crippen LogP contribution in [0.15, 0.2) is 57.9 Å². The number of aliphatic carboxylic acids is 1. The summed E-state index contributed by atoms with van der Waals surface area (Å²) in [6.45, 7) is 0. The Hall–Kier alpha value is -2.05. The van der Waals surface area contributed by atoms with E-state index in [9.17, 15) is 4.79 Å². The maximum Gasteiger partial charge on any atom is 0.328 e. The number of hydrogen-bond acceptors (Lipinski definition) is 4. The van der Waals surface area contributed by atoms with Crippen LogP contribution in [0.25, 0.3) is 11.0 Å². The zero-order chi connectivity index (χ0) is 13.9. The second-order valence-electron chi connectivity index (χ2n) is 3.94. The van der Waals surface area contributed by atoms with Crippen LogP contribution in [-0.4, -0.2) is 20.5 Å². The average Bonchev–Trinajstić information content (AvgIpc) is 2.99. The van der Waals surface area contributed by atoms with Crippen molar-refractivity contribution in [3.63, 3.8) is 0 Å². The lowest BCUT2D eigenvalue weighted by molar-refractivity contribution is -0.131. The molecule has 0 bridgehead atoms. The van der Waals surface area contributed by atoms with Gasteiger partial charge >= 0.3 is 5.97 Å². The fraction of sp³-hybridized carbons (Fsp3) is 0. The Morgan fingerprint density at radius 3 is 2.90 bits per heavy atom. The SMILES string of the molecule is O=C(O)C=Cc1c(Sc2ccccc2)nc2sccn12. The van der Waals surface area contributed by atoms with Gasteiger partial charge in [-0.1, -0.05) is 30.0 Å². The minimum atomic E-state index is -0.967. The van der Waals surface area contributed by atoms with Gasteiger partial charge in [0, 0.05) is 22.5 Å². The summed E-state index contributed by atoms with van der Waals surface area (Å²) in [6, 6.07) is 9.90. The molecule has 100 valence electrons. The van der Waals surface area contributed by atoms with Crippen molar-refractivity contribution < 1.29 is 9.90 Å². The molecule has 6 heteroatoms. The van der Waals surface area contributed by atoms with Crippen molar-refractivity contribution in [3.8, 4) is 0 Å². The van der Waals surface area contributed by atoms with Crippen LogP contribution < -0.4 is 0 Å². The Morgan fingerprint density at radius 2 is 2.15 bits per heavy atom. The van der Waals surface area contributed by atoms with Crippen molar-refractivity contribution in [1.29, 1.82) is 0 Å². The van der Waals surface area contributed by atoms with E-state index in [0.29, 0.717) is 0 Å². The molecule has 0 saturated carbocycles. The van der Waals surface area contributed by atoms with E-state index in [1.54, 1.807) is 6.08 Å². The van der Waals surface area contributed by atoms with Crippen molar-refractivity contribution in [3.05, 3.63) is 53.7 Å². The largest absolute Gasteiger partial charge is 0.478 e. The molecule has 0 spiro atoms. The summed E-state index contributed by atoms with van der Waals surface area (Å²) in [6.07, 6.45) is 4.61. The highest BCUT2D eigenvalue weighted by Gasteiger charge is 2.12. The molecule has 0 saturated heterocycles. The van der Waals surface area contributed by atoms with Gasteiger partial charge in [-0.05, 0) is 18.2 Å². The first-order valence-electron chi connectivity index (χ1n) is 5.83. The van der Waals surface area contributed by atoms with Crippen molar-refractivity contribution in [2.75, 3.05) is 0 Å². The Morgan fingerprint density at radius 1 is 1.35 bits per heavy atom. The summed E-state index contributed by atoms with van der Waals surface area (Å²) in [5.74, 6) is -0.967. The molecule has 0 fully saturated rings. The summed E-state index contributed by atoms with van der Waals surface area (Å²) in [4.78, 5) is 17.2. The zero-order valence-corrected chi connectivity index (χ0v) is 11.9. The third-order valence-corrected chi connectivity index (χ3v) is 4.37. The number of aromatic nitrogens is 2. The average molecular weight is 302 g/mol. The number of imidazole rings is 1. The molecule has 2 aromatic heterocycles. The van der Waals surface area contributed by atoms with E-state index in [2.05, 4.69) is 4.98 Å². The predicted octanol–water partition coefficient (Wildman–Crippen LogP) is 3.64. The first-order valence-corrected chi connectivity index (χ1v) is 7.53. The van der Waals surface area contributed by atoms with E-state index in [-0.39, 0.29) is 0 Å². The van der Waals surface area contributed by atoms with Gasteiger partial charge in [-0.2, -0.15) is 0 Å². The van der Waals surface area contributed by atoms with Crippen LogP contribution in [-0.2, 0) is 4.79 Å². The maximum absolute atomic E-state index is 10.7. The molecule has 20 heavy (non-hydrogen) atoms. The lowest BCUT2D eigenvalue weighted by Crippen LogP contribution is -1.88. The third-order valence-electron chi connectivity index (χ3n) is 2.61. The third kappa shape index (κ3) is 2.61. The zero-order valence-electron chi connectivity index (χ0n) is 10.3. The van der Waals surface area contributed by atoms with Crippen LogP contribution in [0.2, 0.25) is 0 Å². The van der Waals surface area contributed by atoms with E-state index in [0.717, 1.165) is 26.7 Å². The molecule has 0 aliphatic carbocycles. The molecular formula is C14H10N2O2S2. The molecule has 0 aliphatic heterocycles. The molecule has 2 heterocycles. The number of thiazole rings is 1. The molecule has 4 nitrogen and oxygen atoms in total. The molecule has 0 radical (unpaired) electrons. The number of carboxylic acids is 1. The van der Waals surface area contributed by atoms with Gasteiger partial charge in [-0.3, -0.25) is 4.40 Å². The van der Waals surface area contributed by atoms with E-state index in [4.69, 9.17) is 5.11 Å². The Balaban J connectivity index is 2.03. The molecule has 0 unspecified atom stereocenters. The van der Waals surface area contributed by atoms with E-state index < -0.39 is 5.97 Å². The lowest BCUT2D eigenvalue weighted by atomic mass is 10.4. The number of carbonyl (C=O) groups is 1. The number of fused-ring (bicyclic) bond motifs is 1. The molecule has 0 atom stereocenters. The smallest absolute Gasteiger partial charge is 0.328 e. The lowest BCUT2D eigenvalue weighted by Gasteiger charge is -1.99. The van der Waals surface area contributed by atoms with Gasteiger partial charge in [-0.15, -0.1) is 11.3 Å². The van der Waals surface area contributed by atoms with Gasteiger partial charge in [0.05, 0.1) is 5.69 Å². The highest BCUT2D eigenvalue weighted by molar-refractivity contribution is 7.99. The molecule has 1 aromatic carbocycles. The summed E-state index contributed by atoms with van der Waals surface area (Å²) >= 11 is 3.05. The standard InChI is InChI=1S/C14H10N2O2S2/c17-12(18)7-6-11-13(15-14-16(11)8-9-19-14)20-10-4-2-1-3-5-10/h1-9H,(H,17,18). The van der Waals surface area contributed by atoms with E-state index in [1.165, 1.54) is 23.1 Å².